The number of ether oxygens (including phenoxy) is 2. The topological polar surface area (TPSA) is 83.9 Å². The molecule has 0 radical (unpaired) electrons. The molecule has 2 N–H and O–H groups in total. The molecule has 1 aliphatic rings. The molecule has 0 bridgehead atoms. The van der Waals surface area contributed by atoms with Crippen LogP contribution in [0.2, 0.25) is 0 Å². The summed E-state index contributed by atoms with van der Waals surface area (Å²) in [5.41, 5.74) is 0.913. The largest absolute Gasteiger partial charge is 0.496 e. The second-order valence-corrected chi connectivity index (χ2v) is 5.72. The van der Waals surface area contributed by atoms with Gasteiger partial charge in [-0.2, -0.15) is 0 Å². The van der Waals surface area contributed by atoms with E-state index in [1.54, 1.807) is 31.6 Å². The van der Waals surface area contributed by atoms with Crippen molar-refractivity contribution in [3.05, 3.63) is 54.4 Å². The highest BCUT2D eigenvalue weighted by Gasteiger charge is 2.37. The fraction of sp³-hybridized carbons (Fsp3) is 0.333. The summed E-state index contributed by atoms with van der Waals surface area (Å²) in [6.45, 7) is 1.19. The number of rotatable bonds is 5. The Kier molecular flexibility index (Phi) is 5.35. The first-order chi connectivity index (χ1) is 12.2. The predicted octanol–water partition coefficient (Wildman–Crippen LogP) is 2.16. The summed E-state index contributed by atoms with van der Waals surface area (Å²) in [6, 6.07) is 10.6. The number of pyridine rings is 1. The quantitative estimate of drug-likeness (QED) is 0.866. The number of para-hydroxylation sites is 1. The van der Waals surface area contributed by atoms with E-state index in [1.165, 1.54) is 4.90 Å². The van der Waals surface area contributed by atoms with Crippen LogP contribution in [0.15, 0.2) is 48.8 Å². The average molecular weight is 343 g/mol. The summed E-state index contributed by atoms with van der Waals surface area (Å²) in [6.07, 6.45) is 2.32. The van der Waals surface area contributed by atoms with Gasteiger partial charge < -0.3 is 19.9 Å². The molecule has 1 aliphatic heterocycles. The van der Waals surface area contributed by atoms with Gasteiger partial charge in [-0.15, -0.1) is 0 Å². The highest BCUT2D eigenvalue weighted by Crippen LogP contribution is 2.31. The van der Waals surface area contributed by atoms with Crippen molar-refractivity contribution in [2.24, 2.45) is 0 Å². The number of hydrogen-bond acceptors (Lipinski definition) is 5. The minimum atomic E-state index is -0.957. The Labute approximate surface area is 146 Å². The molecule has 132 valence electrons. The van der Waals surface area contributed by atoms with Crippen LogP contribution in [0.5, 0.6) is 11.5 Å². The highest BCUT2D eigenvalue weighted by molar-refractivity contribution is 5.66. The van der Waals surface area contributed by atoms with Crippen molar-refractivity contribution in [3.63, 3.8) is 0 Å². The van der Waals surface area contributed by atoms with Gasteiger partial charge >= 0.3 is 6.09 Å². The monoisotopic (exact) mass is 343 g/mol. The van der Waals surface area contributed by atoms with E-state index in [-0.39, 0.29) is 18.7 Å². The third kappa shape index (κ3) is 3.83. The Bertz CT molecular complexity index is 710. The Morgan fingerprint density at radius 1 is 1.36 bits per heavy atom. The average Bonchev–Trinajstić information content (AvgIpc) is 2.66. The van der Waals surface area contributed by atoms with Gasteiger partial charge in [0.05, 0.1) is 25.4 Å². The van der Waals surface area contributed by atoms with Gasteiger partial charge in [0.1, 0.15) is 18.1 Å². The zero-order chi connectivity index (χ0) is 17.6. The summed E-state index contributed by atoms with van der Waals surface area (Å²) in [4.78, 5) is 17.1. The summed E-state index contributed by atoms with van der Waals surface area (Å²) >= 11 is 0. The molecule has 25 heavy (non-hydrogen) atoms. The lowest BCUT2D eigenvalue weighted by Gasteiger charge is -2.40. The third-order valence-corrected chi connectivity index (χ3v) is 4.28. The molecule has 2 atom stereocenters. The predicted molar refractivity (Wildman–Crippen MR) is 92.0 cm³/mol. The van der Waals surface area contributed by atoms with Crippen LogP contribution in [0.25, 0.3) is 0 Å². The maximum absolute atomic E-state index is 11.7. The van der Waals surface area contributed by atoms with Crippen molar-refractivity contribution >= 4 is 6.09 Å². The first-order valence-electron chi connectivity index (χ1n) is 8.09. The standard InChI is InChI=1S/C18H21N3O4/c1-24-16-7-3-2-6-14(16)17-15(21(18(22)23)10-9-20-17)12-25-13-5-4-8-19-11-13/h2-8,11,15,17,20H,9-10,12H2,1H3,(H,22,23). The van der Waals surface area contributed by atoms with Gasteiger partial charge in [0.2, 0.25) is 0 Å². The molecule has 1 fully saturated rings. The van der Waals surface area contributed by atoms with E-state index >= 15 is 0 Å². The number of nitrogens with zero attached hydrogens (tertiary/aromatic N) is 2. The minimum absolute atomic E-state index is 0.216. The second kappa shape index (κ2) is 7.85. The molecule has 2 unspecified atom stereocenters. The van der Waals surface area contributed by atoms with Crippen LogP contribution >= 0.6 is 0 Å². The fourth-order valence-corrected chi connectivity index (χ4v) is 3.10. The number of piperazine rings is 1. The third-order valence-electron chi connectivity index (χ3n) is 4.28. The lowest BCUT2D eigenvalue weighted by Crippen LogP contribution is -2.57. The van der Waals surface area contributed by atoms with Gasteiger partial charge in [0, 0.05) is 24.8 Å². The minimum Gasteiger partial charge on any atom is -0.496 e. The summed E-state index contributed by atoms with van der Waals surface area (Å²) in [7, 11) is 1.61. The Balaban J connectivity index is 1.87. The van der Waals surface area contributed by atoms with Crippen molar-refractivity contribution in [1.82, 2.24) is 15.2 Å². The normalized spacial score (nSPS) is 20.1. The number of aromatic nitrogens is 1. The van der Waals surface area contributed by atoms with Gasteiger partial charge in [-0.1, -0.05) is 18.2 Å². The van der Waals surface area contributed by atoms with Gasteiger partial charge in [-0.25, -0.2) is 4.79 Å². The van der Waals surface area contributed by atoms with Crippen LogP contribution in [-0.4, -0.2) is 53.9 Å². The van der Waals surface area contributed by atoms with Crippen LogP contribution in [0.3, 0.4) is 0 Å². The number of methoxy groups -OCH3 is 1. The van der Waals surface area contributed by atoms with Gasteiger partial charge in [0.15, 0.2) is 0 Å². The molecule has 0 spiro atoms. The summed E-state index contributed by atoms with van der Waals surface area (Å²) < 4.78 is 11.3. The van der Waals surface area contributed by atoms with Crippen LogP contribution in [0.1, 0.15) is 11.6 Å². The maximum Gasteiger partial charge on any atom is 0.407 e. The first-order valence-corrected chi connectivity index (χ1v) is 8.09. The first kappa shape index (κ1) is 17.0. The SMILES string of the molecule is COc1ccccc1C1NCCN(C(=O)O)C1COc1cccnc1. The Hall–Kier alpha value is -2.80. The van der Waals surface area contributed by atoms with Crippen molar-refractivity contribution in [2.75, 3.05) is 26.8 Å². The molecule has 3 rings (SSSR count). The van der Waals surface area contributed by atoms with Crippen molar-refractivity contribution in [1.29, 1.82) is 0 Å². The number of carbonyl (C=O) groups is 1. The Morgan fingerprint density at radius 2 is 2.20 bits per heavy atom. The highest BCUT2D eigenvalue weighted by atomic mass is 16.5. The maximum atomic E-state index is 11.7. The molecule has 2 aromatic rings. The Morgan fingerprint density at radius 3 is 2.92 bits per heavy atom. The van der Waals surface area contributed by atoms with Gasteiger partial charge in [0.25, 0.3) is 0 Å². The lowest BCUT2D eigenvalue weighted by atomic mass is 9.95. The summed E-state index contributed by atoms with van der Waals surface area (Å²) in [5.74, 6) is 1.33. The van der Waals surface area contributed by atoms with Crippen LogP contribution in [-0.2, 0) is 0 Å². The van der Waals surface area contributed by atoms with Crippen molar-refractivity contribution in [2.45, 2.75) is 12.1 Å². The van der Waals surface area contributed by atoms with E-state index in [4.69, 9.17) is 9.47 Å². The molecular weight excluding hydrogens is 322 g/mol. The lowest BCUT2D eigenvalue weighted by molar-refractivity contribution is 0.0675. The molecule has 7 nitrogen and oxygen atoms in total. The zero-order valence-corrected chi connectivity index (χ0v) is 14.0. The van der Waals surface area contributed by atoms with Crippen LogP contribution < -0.4 is 14.8 Å². The van der Waals surface area contributed by atoms with Crippen LogP contribution in [0.4, 0.5) is 4.79 Å². The molecule has 2 heterocycles. The number of hydrogen-bond donors (Lipinski definition) is 2. The van der Waals surface area contributed by atoms with Crippen molar-refractivity contribution < 1.29 is 19.4 Å². The number of amides is 1. The van der Waals surface area contributed by atoms with E-state index in [0.29, 0.717) is 18.8 Å². The number of nitrogens with one attached hydrogen (secondary N) is 1. The molecule has 0 saturated carbocycles. The molecule has 1 aromatic heterocycles. The van der Waals surface area contributed by atoms with Gasteiger partial charge in [-0.3, -0.25) is 9.88 Å². The molecule has 1 amide bonds. The second-order valence-electron chi connectivity index (χ2n) is 5.72. The van der Waals surface area contributed by atoms with E-state index < -0.39 is 6.09 Å². The molecule has 0 aliphatic carbocycles. The molecular formula is C18H21N3O4. The molecule has 1 saturated heterocycles. The van der Waals surface area contributed by atoms with E-state index in [0.717, 1.165) is 11.3 Å². The van der Waals surface area contributed by atoms with Crippen molar-refractivity contribution in [3.8, 4) is 11.5 Å². The summed E-state index contributed by atoms with van der Waals surface area (Å²) in [5, 5.41) is 13.0. The fourth-order valence-electron chi connectivity index (χ4n) is 3.10. The smallest absolute Gasteiger partial charge is 0.407 e. The van der Waals surface area contributed by atoms with E-state index in [1.807, 2.05) is 24.3 Å². The van der Waals surface area contributed by atoms with Crippen LogP contribution in [0, 0.1) is 0 Å². The molecule has 1 aromatic carbocycles. The number of carboxylic acid groups (broad SMARTS) is 1. The zero-order valence-electron chi connectivity index (χ0n) is 14.0. The number of benzene rings is 1. The van der Waals surface area contributed by atoms with E-state index in [2.05, 4.69) is 10.3 Å². The van der Waals surface area contributed by atoms with Gasteiger partial charge in [-0.05, 0) is 18.2 Å². The van der Waals surface area contributed by atoms with E-state index in [9.17, 15) is 9.90 Å². The molecule has 7 heteroatoms.